The lowest BCUT2D eigenvalue weighted by atomic mass is 10.1. The molecule has 1 fully saturated rings. The molecular weight excluding hydrogens is 444 g/mol. The molecule has 132 valence electrons. The van der Waals surface area contributed by atoms with Gasteiger partial charge in [-0.25, -0.2) is 0 Å². The van der Waals surface area contributed by atoms with Crippen molar-refractivity contribution in [2.45, 2.75) is 0 Å². The highest BCUT2D eigenvalue weighted by atomic mass is 79.9. The molecule has 1 aliphatic rings. The van der Waals surface area contributed by atoms with Gasteiger partial charge in [0, 0.05) is 11.6 Å². The molecule has 1 aromatic carbocycles. The Balaban J connectivity index is 2.14. The predicted octanol–water partition coefficient (Wildman–Crippen LogP) is 3.02. The van der Waals surface area contributed by atoms with Crippen LogP contribution in [-0.2, 0) is 9.59 Å². The summed E-state index contributed by atoms with van der Waals surface area (Å²) in [5.41, 5.74) is -0.300. The summed E-state index contributed by atoms with van der Waals surface area (Å²) in [5.74, 6) is -1.31. The third-order valence-electron chi connectivity index (χ3n) is 3.62. The Hall–Kier alpha value is -2.29. The lowest BCUT2D eigenvalue weighted by Gasteiger charge is -2.27. The Labute approximate surface area is 166 Å². The molecule has 9 heteroatoms. The van der Waals surface area contributed by atoms with E-state index in [0.29, 0.717) is 15.1 Å². The smallest absolute Gasteiger partial charge is 0.265 e. The van der Waals surface area contributed by atoms with Crippen LogP contribution >= 0.6 is 39.7 Å². The second kappa shape index (κ2) is 7.14. The minimum absolute atomic E-state index is 0.0155. The number of thiocarbonyl (C=S) groups is 1. The first-order valence-electron chi connectivity index (χ1n) is 7.23. The normalized spacial score (nSPS) is 16.3. The van der Waals surface area contributed by atoms with Crippen LogP contribution in [0.3, 0.4) is 0 Å². The molecule has 1 saturated heterocycles. The zero-order chi connectivity index (χ0) is 19.0. The molecule has 1 N–H and O–H groups in total. The molecule has 0 aliphatic carbocycles. The maximum Gasteiger partial charge on any atom is 0.265 e. The number of nitrogens with one attached hydrogen (secondary N) is 1. The molecule has 2 amide bonds. The standard InChI is InChI=1S/C17H10BrClN2O4S/c1-2-3-21-16(24)11(15(23)20-17(21)26)4-8-7-25-14-10(13(8)22)5-9(19)6-12(14)18/h2,4-7H,1,3H2,(H,20,23,26). The van der Waals surface area contributed by atoms with Crippen LogP contribution in [0.4, 0.5) is 0 Å². The van der Waals surface area contributed by atoms with Gasteiger partial charge in [-0.05, 0) is 46.4 Å². The average molecular weight is 454 g/mol. The quantitative estimate of drug-likeness (QED) is 0.334. The van der Waals surface area contributed by atoms with Crippen molar-refractivity contribution < 1.29 is 14.0 Å². The molecule has 0 saturated carbocycles. The summed E-state index contributed by atoms with van der Waals surface area (Å²) in [5, 5.41) is 2.96. The van der Waals surface area contributed by atoms with Crippen molar-refractivity contribution in [3.8, 4) is 0 Å². The van der Waals surface area contributed by atoms with Gasteiger partial charge in [-0.1, -0.05) is 17.7 Å². The van der Waals surface area contributed by atoms with Gasteiger partial charge in [-0.3, -0.25) is 24.6 Å². The van der Waals surface area contributed by atoms with E-state index < -0.39 is 17.2 Å². The van der Waals surface area contributed by atoms with Crippen molar-refractivity contribution >= 4 is 73.7 Å². The highest BCUT2D eigenvalue weighted by Gasteiger charge is 2.32. The number of halogens is 2. The number of carbonyl (C=O) groups excluding carboxylic acids is 2. The van der Waals surface area contributed by atoms with Gasteiger partial charge in [-0.2, -0.15) is 0 Å². The van der Waals surface area contributed by atoms with Gasteiger partial charge in [0.05, 0.1) is 15.4 Å². The molecule has 1 aromatic heterocycles. The lowest BCUT2D eigenvalue weighted by molar-refractivity contribution is -0.128. The SMILES string of the molecule is C=CCN1C(=O)C(=Cc2coc3c(Br)cc(Cl)cc3c2=O)C(=O)NC1=S. The van der Waals surface area contributed by atoms with Gasteiger partial charge in [0.25, 0.3) is 11.8 Å². The molecule has 2 aromatic rings. The lowest BCUT2D eigenvalue weighted by Crippen LogP contribution is -2.53. The fourth-order valence-electron chi connectivity index (χ4n) is 2.42. The Morgan fingerprint density at radius 3 is 2.77 bits per heavy atom. The van der Waals surface area contributed by atoms with Crippen molar-refractivity contribution in [1.29, 1.82) is 0 Å². The van der Waals surface area contributed by atoms with Crippen molar-refractivity contribution in [2.24, 2.45) is 0 Å². The van der Waals surface area contributed by atoms with Crippen molar-refractivity contribution in [3.63, 3.8) is 0 Å². The van der Waals surface area contributed by atoms with Crippen LogP contribution in [0.15, 0.2) is 50.3 Å². The van der Waals surface area contributed by atoms with Crippen LogP contribution in [0.1, 0.15) is 5.56 Å². The van der Waals surface area contributed by atoms with E-state index in [4.69, 9.17) is 28.2 Å². The zero-order valence-electron chi connectivity index (χ0n) is 13.0. The molecule has 0 unspecified atom stereocenters. The minimum Gasteiger partial charge on any atom is -0.462 e. The highest BCUT2D eigenvalue weighted by molar-refractivity contribution is 9.10. The maximum absolute atomic E-state index is 12.7. The van der Waals surface area contributed by atoms with Crippen molar-refractivity contribution in [1.82, 2.24) is 10.2 Å². The maximum atomic E-state index is 12.7. The fourth-order valence-corrected chi connectivity index (χ4v) is 3.58. The Bertz CT molecular complexity index is 1080. The molecule has 2 heterocycles. The first-order valence-corrected chi connectivity index (χ1v) is 8.81. The number of carbonyl (C=O) groups is 2. The Kier molecular flexibility index (Phi) is 5.08. The van der Waals surface area contributed by atoms with Gasteiger partial charge < -0.3 is 4.42 Å². The highest BCUT2D eigenvalue weighted by Crippen LogP contribution is 2.27. The molecule has 0 radical (unpaired) electrons. The molecular formula is C17H10BrClN2O4S. The summed E-state index contributed by atoms with van der Waals surface area (Å²) >= 11 is 14.2. The Morgan fingerprint density at radius 2 is 2.08 bits per heavy atom. The second-order valence-corrected chi connectivity index (χ2v) is 6.98. The zero-order valence-corrected chi connectivity index (χ0v) is 16.2. The second-order valence-electron chi connectivity index (χ2n) is 5.31. The summed E-state index contributed by atoms with van der Waals surface area (Å²) in [6.07, 6.45) is 3.83. The van der Waals surface area contributed by atoms with Crippen LogP contribution in [0.5, 0.6) is 0 Å². The van der Waals surface area contributed by atoms with E-state index >= 15 is 0 Å². The number of amides is 2. The summed E-state index contributed by atoms with van der Waals surface area (Å²) in [7, 11) is 0. The number of hydrogen-bond donors (Lipinski definition) is 1. The molecule has 0 atom stereocenters. The number of fused-ring (bicyclic) bond motifs is 1. The first-order chi connectivity index (χ1) is 12.3. The molecule has 3 rings (SSSR count). The van der Waals surface area contributed by atoms with Gasteiger partial charge in [0.15, 0.2) is 16.1 Å². The van der Waals surface area contributed by atoms with E-state index in [1.54, 1.807) is 6.07 Å². The van der Waals surface area contributed by atoms with Crippen molar-refractivity contribution in [3.05, 3.63) is 61.9 Å². The first kappa shape index (κ1) is 18.5. The third kappa shape index (κ3) is 3.23. The Morgan fingerprint density at radius 1 is 1.35 bits per heavy atom. The van der Waals surface area contributed by atoms with E-state index in [2.05, 4.69) is 27.8 Å². The van der Waals surface area contributed by atoms with E-state index in [1.807, 2.05) is 0 Å². The summed E-state index contributed by atoms with van der Waals surface area (Å²) in [6, 6.07) is 3.05. The van der Waals surface area contributed by atoms with Crippen LogP contribution in [-0.4, -0.2) is 28.4 Å². The van der Waals surface area contributed by atoms with Gasteiger partial charge >= 0.3 is 0 Å². The van der Waals surface area contributed by atoms with Gasteiger partial charge in [0.1, 0.15) is 11.8 Å². The largest absolute Gasteiger partial charge is 0.462 e. The molecule has 26 heavy (non-hydrogen) atoms. The predicted molar refractivity (Wildman–Crippen MR) is 106 cm³/mol. The summed E-state index contributed by atoms with van der Waals surface area (Å²) < 4.78 is 5.99. The monoisotopic (exact) mass is 452 g/mol. The average Bonchev–Trinajstić information content (AvgIpc) is 2.57. The number of hydrogen-bond acceptors (Lipinski definition) is 5. The third-order valence-corrected chi connectivity index (χ3v) is 4.75. The summed E-state index contributed by atoms with van der Waals surface area (Å²) in [6.45, 7) is 3.68. The van der Waals surface area contributed by atoms with Gasteiger partial charge in [-0.15, -0.1) is 6.58 Å². The van der Waals surface area contributed by atoms with E-state index in [0.717, 1.165) is 0 Å². The van der Waals surface area contributed by atoms with Crippen LogP contribution < -0.4 is 10.7 Å². The summed E-state index contributed by atoms with van der Waals surface area (Å²) in [4.78, 5) is 38.6. The fraction of sp³-hybridized carbons (Fsp3) is 0.0588. The number of rotatable bonds is 3. The number of benzene rings is 1. The van der Waals surface area contributed by atoms with Crippen LogP contribution in [0, 0.1) is 0 Å². The molecule has 0 bridgehead atoms. The molecule has 6 nitrogen and oxygen atoms in total. The van der Waals surface area contributed by atoms with Crippen LogP contribution in [0.25, 0.3) is 17.0 Å². The molecule has 1 aliphatic heterocycles. The van der Waals surface area contributed by atoms with Gasteiger partial charge in [0.2, 0.25) is 0 Å². The topological polar surface area (TPSA) is 79.6 Å². The van der Waals surface area contributed by atoms with E-state index in [1.165, 1.54) is 29.4 Å². The van der Waals surface area contributed by atoms with Crippen LogP contribution in [0.2, 0.25) is 5.02 Å². The van der Waals surface area contributed by atoms with E-state index in [9.17, 15) is 14.4 Å². The number of nitrogens with zero attached hydrogens (tertiary/aromatic N) is 1. The molecule has 0 spiro atoms. The van der Waals surface area contributed by atoms with Crippen molar-refractivity contribution in [2.75, 3.05) is 6.54 Å². The minimum atomic E-state index is -0.688. The van der Waals surface area contributed by atoms with E-state index in [-0.39, 0.29) is 28.2 Å².